The van der Waals surface area contributed by atoms with Gasteiger partial charge in [-0.05, 0) is 70.6 Å². The van der Waals surface area contributed by atoms with E-state index < -0.39 is 6.10 Å². The van der Waals surface area contributed by atoms with Crippen molar-refractivity contribution in [3.63, 3.8) is 0 Å². The second-order valence-electron chi connectivity index (χ2n) is 13.8. The Morgan fingerprint density at radius 3 is 1.22 bits per heavy atom. The quantitative estimate of drug-likeness (QED) is 0.0357. The molecule has 0 amide bonds. The van der Waals surface area contributed by atoms with Gasteiger partial charge >= 0.3 is 11.9 Å². The third-order valence-corrected chi connectivity index (χ3v) is 8.64. The van der Waals surface area contributed by atoms with Gasteiger partial charge in [-0.3, -0.25) is 9.59 Å². The van der Waals surface area contributed by atoms with Gasteiger partial charge in [0, 0.05) is 19.4 Å². The van der Waals surface area contributed by atoms with Crippen LogP contribution in [0.1, 0.15) is 175 Å². The van der Waals surface area contributed by atoms with Crippen LogP contribution in [0, 0.1) is 0 Å². The molecule has 1 atom stereocenters. The van der Waals surface area contributed by atoms with Gasteiger partial charge < -0.3 is 14.2 Å². The Bertz CT molecular complexity index is 1070. The van der Waals surface area contributed by atoms with E-state index >= 15 is 0 Å². The molecule has 0 heterocycles. The fraction of sp³-hybridized carbons (Fsp3) is 0.633. The smallest absolute Gasteiger partial charge is 0.306 e. The molecule has 0 aliphatic heterocycles. The average molecular weight is 749 g/mol. The summed E-state index contributed by atoms with van der Waals surface area (Å²) in [4.78, 5) is 25.1. The summed E-state index contributed by atoms with van der Waals surface area (Å²) in [6.07, 6.45) is 58.6. The molecule has 0 saturated heterocycles. The summed E-state index contributed by atoms with van der Waals surface area (Å²) in [5.41, 5.74) is 0. The van der Waals surface area contributed by atoms with Gasteiger partial charge in [0.25, 0.3) is 0 Å². The van der Waals surface area contributed by atoms with E-state index in [0.717, 1.165) is 64.2 Å². The van der Waals surface area contributed by atoms with Gasteiger partial charge in [-0.1, -0.05) is 189 Å². The number of hydrogen-bond acceptors (Lipinski definition) is 5. The van der Waals surface area contributed by atoms with E-state index in [4.69, 9.17) is 14.2 Å². The highest BCUT2D eigenvalue weighted by molar-refractivity contribution is 5.70. The minimum absolute atomic E-state index is 0.0151. The fourth-order valence-electron chi connectivity index (χ4n) is 5.48. The van der Waals surface area contributed by atoms with Crippen molar-refractivity contribution in [3.05, 3.63) is 97.2 Å². The predicted octanol–water partition coefficient (Wildman–Crippen LogP) is 14.3. The van der Waals surface area contributed by atoms with Crippen molar-refractivity contribution in [1.82, 2.24) is 0 Å². The van der Waals surface area contributed by atoms with Crippen molar-refractivity contribution in [2.45, 2.75) is 181 Å². The molecule has 5 heteroatoms. The molecule has 0 aliphatic carbocycles. The number of carbonyl (C=O) groups is 2. The Hall–Kier alpha value is -3.18. The normalized spacial score (nSPS) is 13.2. The van der Waals surface area contributed by atoms with Crippen LogP contribution in [0.2, 0.25) is 0 Å². The number of rotatable bonds is 38. The van der Waals surface area contributed by atoms with Gasteiger partial charge in [-0.25, -0.2) is 0 Å². The molecule has 0 spiro atoms. The van der Waals surface area contributed by atoms with Crippen LogP contribution in [0.4, 0.5) is 0 Å². The topological polar surface area (TPSA) is 61.8 Å². The van der Waals surface area contributed by atoms with Gasteiger partial charge in [-0.2, -0.15) is 0 Å². The lowest BCUT2D eigenvalue weighted by atomic mass is 10.1. The predicted molar refractivity (Wildman–Crippen MR) is 233 cm³/mol. The zero-order valence-electron chi connectivity index (χ0n) is 34.9. The van der Waals surface area contributed by atoms with Crippen molar-refractivity contribution < 1.29 is 23.8 Å². The highest BCUT2D eigenvalue weighted by Crippen LogP contribution is 2.12. The molecule has 0 aliphatic rings. The molecule has 0 N–H and O–H groups in total. The summed E-state index contributed by atoms with van der Waals surface area (Å²) in [5.74, 6) is -0.591. The van der Waals surface area contributed by atoms with Gasteiger partial charge in [0.15, 0.2) is 6.10 Å². The first-order valence-electron chi connectivity index (χ1n) is 21.8. The van der Waals surface area contributed by atoms with Crippen LogP contribution in [0.25, 0.3) is 0 Å². The van der Waals surface area contributed by atoms with E-state index in [0.29, 0.717) is 25.9 Å². The number of ether oxygens (including phenoxy) is 3. The maximum atomic E-state index is 12.7. The summed E-state index contributed by atoms with van der Waals surface area (Å²) < 4.78 is 17.1. The third kappa shape index (κ3) is 41.6. The molecular formula is C49H80O5. The Balaban J connectivity index is 4.48. The first-order chi connectivity index (χ1) is 26.6. The van der Waals surface area contributed by atoms with Gasteiger partial charge in [0.1, 0.15) is 6.61 Å². The highest BCUT2D eigenvalue weighted by atomic mass is 16.6. The lowest BCUT2D eigenvalue weighted by molar-refractivity contribution is -0.162. The average Bonchev–Trinajstić information content (AvgIpc) is 3.17. The minimum atomic E-state index is -0.603. The highest BCUT2D eigenvalue weighted by Gasteiger charge is 2.17. The standard InChI is InChI=1S/C49H80O5/c1-4-7-10-13-16-19-22-25-27-30-33-36-39-42-48(50)53-46-47(45-52-44-41-38-35-32-29-24-21-18-15-12-9-6-3)54-49(51)43-40-37-34-31-28-26-23-20-17-14-11-8-5-2/h7-8,10-11,16-17,19-20,25-28,33-34,36-37,47H,4-6,9,12-15,18,21-24,29-32,35,38-46H2,1-3H3/b10-7-,11-8-,19-16-,20-17-,27-25-,28-26-,36-33-,37-34-. The van der Waals surface area contributed by atoms with Gasteiger partial charge in [0.05, 0.1) is 6.61 Å². The van der Waals surface area contributed by atoms with E-state index in [9.17, 15) is 9.59 Å². The summed E-state index contributed by atoms with van der Waals surface area (Å²) >= 11 is 0. The van der Waals surface area contributed by atoms with Crippen LogP contribution in [-0.4, -0.2) is 37.9 Å². The van der Waals surface area contributed by atoms with Crippen LogP contribution in [0.5, 0.6) is 0 Å². The number of hydrogen-bond donors (Lipinski definition) is 0. The first kappa shape index (κ1) is 50.8. The third-order valence-electron chi connectivity index (χ3n) is 8.64. The molecule has 5 nitrogen and oxygen atoms in total. The number of allylic oxidation sites excluding steroid dienone is 16. The summed E-state index contributed by atoms with van der Waals surface area (Å²) in [6, 6.07) is 0. The lowest BCUT2D eigenvalue weighted by Crippen LogP contribution is -2.30. The molecule has 306 valence electrons. The van der Waals surface area contributed by atoms with Crippen LogP contribution >= 0.6 is 0 Å². The van der Waals surface area contributed by atoms with Crippen LogP contribution in [0.15, 0.2) is 97.2 Å². The molecule has 0 rings (SSSR count). The molecule has 1 unspecified atom stereocenters. The van der Waals surface area contributed by atoms with Crippen molar-refractivity contribution in [1.29, 1.82) is 0 Å². The zero-order valence-corrected chi connectivity index (χ0v) is 34.9. The van der Waals surface area contributed by atoms with Crippen molar-refractivity contribution in [2.24, 2.45) is 0 Å². The maximum Gasteiger partial charge on any atom is 0.306 e. The van der Waals surface area contributed by atoms with E-state index in [1.807, 2.05) is 12.2 Å². The number of esters is 2. The van der Waals surface area contributed by atoms with E-state index in [-0.39, 0.29) is 31.6 Å². The molecule has 0 aromatic carbocycles. The molecular weight excluding hydrogens is 669 g/mol. The van der Waals surface area contributed by atoms with Crippen LogP contribution < -0.4 is 0 Å². The Morgan fingerprint density at radius 1 is 0.426 bits per heavy atom. The zero-order chi connectivity index (χ0) is 39.3. The second kappa shape index (κ2) is 44.2. The molecule has 0 aromatic heterocycles. The Kier molecular flexibility index (Phi) is 41.6. The lowest BCUT2D eigenvalue weighted by Gasteiger charge is -2.18. The van der Waals surface area contributed by atoms with Crippen molar-refractivity contribution >= 4 is 11.9 Å². The van der Waals surface area contributed by atoms with E-state index in [2.05, 4.69) is 106 Å². The van der Waals surface area contributed by atoms with Crippen molar-refractivity contribution in [2.75, 3.05) is 19.8 Å². The van der Waals surface area contributed by atoms with Gasteiger partial charge in [-0.15, -0.1) is 0 Å². The van der Waals surface area contributed by atoms with E-state index in [1.54, 1.807) is 0 Å². The molecule has 0 fully saturated rings. The maximum absolute atomic E-state index is 12.7. The Labute approximate surface area is 332 Å². The number of carbonyl (C=O) groups excluding carboxylic acids is 2. The minimum Gasteiger partial charge on any atom is -0.462 e. The van der Waals surface area contributed by atoms with Crippen LogP contribution in [-0.2, 0) is 23.8 Å². The summed E-state index contributed by atoms with van der Waals surface area (Å²) in [5, 5.41) is 0. The monoisotopic (exact) mass is 749 g/mol. The first-order valence-corrected chi connectivity index (χ1v) is 21.8. The second-order valence-corrected chi connectivity index (χ2v) is 13.8. The van der Waals surface area contributed by atoms with Crippen molar-refractivity contribution in [3.8, 4) is 0 Å². The molecule has 0 saturated carbocycles. The number of unbranched alkanes of at least 4 members (excludes halogenated alkanes) is 11. The summed E-state index contributed by atoms with van der Waals surface area (Å²) in [7, 11) is 0. The molecule has 0 bridgehead atoms. The van der Waals surface area contributed by atoms with Crippen LogP contribution in [0.3, 0.4) is 0 Å². The fourth-order valence-corrected chi connectivity index (χ4v) is 5.48. The molecule has 0 radical (unpaired) electrons. The largest absolute Gasteiger partial charge is 0.462 e. The molecule has 0 aromatic rings. The van der Waals surface area contributed by atoms with E-state index in [1.165, 1.54) is 64.2 Å². The summed E-state index contributed by atoms with van der Waals surface area (Å²) in [6.45, 7) is 7.42. The van der Waals surface area contributed by atoms with Gasteiger partial charge in [0.2, 0.25) is 0 Å². The SMILES string of the molecule is CC/C=C\C/C=C\C/C=C\C/C=C\CCC(=O)OCC(COCCCCCCCCCCCCCC)OC(=O)CC/C=C\C/C=C\C/C=C\C/C=C\CC. The Morgan fingerprint density at radius 2 is 0.796 bits per heavy atom. The molecule has 54 heavy (non-hydrogen) atoms.